The van der Waals surface area contributed by atoms with Gasteiger partial charge >= 0.3 is 6.18 Å². The summed E-state index contributed by atoms with van der Waals surface area (Å²) in [6, 6.07) is 0. The molecule has 0 atom stereocenters. The fourth-order valence-corrected chi connectivity index (χ4v) is 2.13. The lowest BCUT2D eigenvalue weighted by molar-refractivity contribution is -0.143. The Balaban J connectivity index is 2.16. The lowest BCUT2D eigenvalue weighted by atomic mass is 10.4. The molecule has 0 aliphatic carbocycles. The molecule has 2 rings (SSSR count). The molecule has 1 N–H and O–H groups in total. The SMILES string of the molecule is O=c1c(Cl)c(NCc2cncs2)cnn1CC(F)(F)F. The lowest BCUT2D eigenvalue weighted by Crippen LogP contribution is -2.30. The molecule has 0 spiro atoms. The number of halogens is 4. The molecule has 0 unspecified atom stereocenters. The van der Waals surface area contributed by atoms with Crippen LogP contribution in [-0.2, 0) is 13.1 Å². The third-order valence-corrected chi connectivity index (χ3v) is 3.40. The fourth-order valence-electron chi connectivity index (χ4n) is 1.38. The van der Waals surface area contributed by atoms with E-state index in [1.54, 1.807) is 11.7 Å². The second-order valence-electron chi connectivity index (χ2n) is 3.77. The number of aromatic nitrogens is 3. The number of rotatable bonds is 4. The summed E-state index contributed by atoms with van der Waals surface area (Å²) in [5, 5.41) is 5.95. The number of hydrogen-bond acceptors (Lipinski definition) is 5. The van der Waals surface area contributed by atoms with Crippen molar-refractivity contribution in [3.05, 3.63) is 38.2 Å². The second kappa shape index (κ2) is 5.80. The molecule has 0 aromatic carbocycles. The number of nitrogens with zero attached hydrogens (tertiary/aromatic N) is 3. The Hall–Kier alpha value is -1.61. The van der Waals surface area contributed by atoms with Crippen molar-refractivity contribution in [1.82, 2.24) is 14.8 Å². The van der Waals surface area contributed by atoms with Crippen LogP contribution in [-0.4, -0.2) is 20.9 Å². The largest absolute Gasteiger partial charge is 0.408 e. The molecule has 5 nitrogen and oxygen atoms in total. The molecule has 20 heavy (non-hydrogen) atoms. The first-order valence-corrected chi connectivity index (χ1v) is 6.56. The van der Waals surface area contributed by atoms with Crippen molar-refractivity contribution in [3.8, 4) is 0 Å². The Morgan fingerprint density at radius 2 is 2.15 bits per heavy atom. The monoisotopic (exact) mass is 324 g/mol. The van der Waals surface area contributed by atoms with E-state index in [2.05, 4.69) is 15.4 Å². The third kappa shape index (κ3) is 3.70. The summed E-state index contributed by atoms with van der Waals surface area (Å²) in [6.07, 6.45) is -1.81. The highest BCUT2D eigenvalue weighted by atomic mass is 35.5. The zero-order valence-electron chi connectivity index (χ0n) is 9.82. The topological polar surface area (TPSA) is 59.8 Å². The van der Waals surface area contributed by atoms with Gasteiger partial charge in [-0.3, -0.25) is 9.78 Å². The average molecular weight is 325 g/mol. The minimum atomic E-state index is -4.53. The summed E-state index contributed by atoms with van der Waals surface area (Å²) in [5.41, 5.74) is 0.833. The molecule has 0 aliphatic rings. The number of anilines is 1. The maximum Gasteiger partial charge on any atom is 0.408 e. The van der Waals surface area contributed by atoms with Crippen LogP contribution in [0.15, 0.2) is 22.7 Å². The Morgan fingerprint density at radius 1 is 1.40 bits per heavy atom. The van der Waals surface area contributed by atoms with Crippen LogP contribution in [0.4, 0.5) is 18.9 Å². The number of hydrogen-bond donors (Lipinski definition) is 1. The Labute approximate surface area is 120 Å². The molecule has 0 fully saturated rings. The van der Waals surface area contributed by atoms with Crippen molar-refractivity contribution in [1.29, 1.82) is 0 Å². The highest BCUT2D eigenvalue weighted by Gasteiger charge is 2.29. The van der Waals surface area contributed by atoms with E-state index in [1.807, 2.05) is 0 Å². The van der Waals surface area contributed by atoms with E-state index < -0.39 is 18.3 Å². The summed E-state index contributed by atoms with van der Waals surface area (Å²) in [5.74, 6) is 0. The molecule has 0 bridgehead atoms. The van der Waals surface area contributed by atoms with Crippen LogP contribution in [0.25, 0.3) is 0 Å². The van der Waals surface area contributed by atoms with Crippen molar-refractivity contribution in [2.75, 3.05) is 5.32 Å². The number of nitrogens with one attached hydrogen (secondary N) is 1. The summed E-state index contributed by atoms with van der Waals surface area (Å²) >= 11 is 7.15. The van der Waals surface area contributed by atoms with E-state index in [0.29, 0.717) is 6.54 Å². The van der Waals surface area contributed by atoms with Crippen LogP contribution in [0.5, 0.6) is 0 Å². The quantitative estimate of drug-likeness (QED) is 0.939. The smallest absolute Gasteiger partial charge is 0.377 e. The van der Waals surface area contributed by atoms with Gasteiger partial charge in [0.1, 0.15) is 11.6 Å². The van der Waals surface area contributed by atoms with Crippen LogP contribution in [0, 0.1) is 0 Å². The molecule has 0 radical (unpaired) electrons. The molecule has 2 aromatic heterocycles. The van der Waals surface area contributed by atoms with Crippen molar-refractivity contribution in [2.45, 2.75) is 19.3 Å². The zero-order chi connectivity index (χ0) is 14.8. The maximum absolute atomic E-state index is 12.2. The van der Waals surface area contributed by atoms with Gasteiger partial charge < -0.3 is 5.32 Å². The van der Waals surface area contributed by atoms with E-state index in [1.165, 1.54) is 11.3 Å². The number of thiazole rings is 1. The van der Waals surface area contributed by atoms with Crippen molar-refractivity contribution in [3.63, 3.8) is 0 Å². The second-order valence-corrected chi connectivity index (χ2v) is 5.12. The lowest BCUT2D eigenvalue weighted by Gasteiger charge is -2.11. The van der Waals surface area contributed by atoms with E-state index in [9.17, 15) is 18.0 Å². The summed E-state index contributed by atoms with van der Waals surface area (Å²) in [6.45, 7) is -1.12. The molecule has 2 aromatic rings. The van der Waals surface area contributed by atoms with Crippen LogP contribution in [0.3, 0.4) is 0 Å². The zero-order valence-corrected chi connectivity index (χ0v) is 11.4. The molecule has 2 heterocycles. The Bertz CT molecular complexity index is 641. The van der Waals surface area contributed by atoms with Gasteiger partial charge in [0, 0.05) is 11.1 Å². The maximum atomic E-state index is 12.2. The van der Waals surface area contributed by atoms with Gasteiger partial charge in [0.15, 0.2) is 0 Å². The molecule has 108 valence electrons. The highest BCUT2D eigenvalue weighted by molar-refractivity contribution is 7.09. The van der Waals surface area contributed by atoms with E-state index in [4.69, 9.17) is 11.6 Å². The van der Waals surface area contributed by atoms with E-state index in [-0.39, 0.29) is 15.4 Å². The summed E-state index contributed by atoms with van der Waals surface area (Å²) in [4.78, 5) is 16.4. The highest BCUT2D eigenvalue weighted by Crippen LogP contribution is 2.20. The molecular weight excluding hydrogens is 317 g/mol. The van der Waals surface area contributed by atoms with Gasteiger partial charge in [-0.25, -0.2) is 4.68 Å². The van der Waals surface area contributed by atoms with Crippen molar-refractivity contribution < 1.29 is 13.2 Å². The van der Waals surface area contributed by atoms with Crippen molar-refractivity contribution >= 4 is 28.6 Å². The van der Waals surface area contributed by atoms with Crippen LogP contribution in [0.1, 0.15) is 4.88 Å². The Kier molecular flexibility index (Phi) is 4.29. The van der Waals surface area contributed by atoms with Gasteiger partial charge in [0.2, 0.25) is 0 Å². The first-order chi connectivity index (χ1) is 9.37. The van der Waals surface area contributed by atoms with Crippen LogP contribution < -0.4 is 10.9 Å². The molecule has 0 saturated heterocycles. The fraction of sp³-hybridized carbons (Fsp3) is 0.300. The first kappa shape index (κ1) is 14.8. The molecule has 10 heteroatoms. The minimum Gasteiger partial charge on any atom is -0.377 e. The standard InChI is InChI=1S/C10H8ClF3N4OS/c11-8-7(16-2-6-1-15-5-20-6)3-17-18(9(8)19)4-10(12,13)14/h1,3,5,16H,2,4H2. The van der Waals surface area contributed by atoms with Gasteiger partial charge in [-0.2, -0.15) is 18.3 Å². The Morgan fingerprint density at radius 3 is 2.75 bits per heavy atom. The van der Waals surface area contributed by atoms with E-state index >= 15 is 0 Å². The van der Waals surface area contributed by atoms with Crippen molar-refractivity contribution in [2.24, 2.45) is 0 Å². The molecule has 0 amide bonds. The molecular formula is C10H8ClF3N4OS. The molecule has 0 saturated carbocycles. The molecule has 0 aliphatic heterocycles. The normalized spacial score (nSPS) is 11.6. The number of alkyl halides is 3. The average Bonchev–Trinajstić information content (AvgIpc) is 2.86. The van der Waals surface area contributed by atoms with Gasteiger partial charge in [0.25, 0.3) is 5.56 Å². The summed E-state index contributed by atoms with van der Waals surface area (Å²) in [7, 11) is 0. The predicted molar refractivity (Wildman–Crippen MR) is 69.0 cm³/mol. The minimum absolute atomic E-state index is 0.184. The van der Waals surface area contributed by atoms with Gasteiger partial charge in [0.05, 0.1) is 23.9 Å². The van der Waals surface area contributed by atoms with Crippen LogP contribution >= 0.6 is 22.9 Å². The third-order valence-electron chi connectivity index (χ3n) is 2.25. The van der Waals surface area contributed by atoms with Crippen LogP contribution in [0.2, 0.25) is 5.02 Å². The van der Waals surface area contributed by atoms with Gasteiger partial charge in [-0.15, -0.1) is 11.3 Å². The first-order valence-electron chi connectivity index (χ1n) is 5.30. The summed E-state index contributed by atoms with van der Waals surface area (Å²) < 4.78 is 36.9. The van der Waals surface area contributed by atoms with Gasteiger partial charge in [-0.05, 0) is 0 Å². The van der Waals surface area contributed by atoms with Gasteiger partial charge in [-0.1, -0.05) is 11.6 Å². The van der Waals surface area contributed by atoms with E-state index in [0.717, 1.165) is 11.1 Å². The predicted octanol–water partition coefficient (Wildman–Crippen LogP) is 2.53.